The van der Waals surface area contributed by atoms with E-state index < -0.39 is 9.84 Å². The van der Waals surface area contributed by atoms with Gasteiger partial charge in [-0.1, -0.05) is 12.1 Å². The van der Waals surface area contributed by atoms with Crippen molar-refractivity contribution in [2.24, 2.45) is 5.92 Å². The zero-order valence-electron chi connectivity index (χ0n) is 15.9. The highest BCUT2D eigenvalue weighted by atomic mass is 32.2. The number of sulfone groups is 1. The number of nitrogens with zero attached hydrogens (tertiary/aromatic N) is 3. The topological polar surface area (TPSA) is 70.6 Å². The van der Waals surface area contributed by atoms with E-state index in [0.717, 1.165) is 48.9 Å². The molecule has 1 aromatic carbocycles. The molecule has 146 valence electrons. The molecule has 1 aliphatic rings. The minimum absolute atomic E-state index is 0.159. The Labute approximate surface area is 164 Å². The number of carbonyl (C=O) groups is 1. The highest BCUT2D eigenvalue weighted by Crippen LogP contribution is 2.26. The molecular formula is C19H25N3O3S2. The number of amides is 1. The van der Waals surface area contributed by atoms with E-state index >= 15 is 0 Å². The van der Waals surface area contributed by atoms with Gasteiger partial charge < -0.3 is 9.80 Å². The van der Waals surface area contributed by atoms with Crippen molar-refractivity contribution in [2.75, 3.05) is 32.9 Å². The van der Waals surface area contributed by atoms with Crippen molar-refractivity contribution in [3.8, 4) is 10.6 Å². The first kappa shape index (κ1) is 20.0. The molecule has 3 rings (SSSR count). The minimum atomic E-state index is -3.18. The third-order valence-corrected chi connectivity index (χ3v) is 6.88. The molecule has 1 saturated heterocycles. The third-order valence-electron chi connectivity index (χ3n) is 4.81. The fourth-order valence-electron chi connectivity index (χ4n) is 3.41. The lowest BCUT2D eigenvalue weighted by Crippen LogP contribution is -2.30. The Morgan fingerprint density at radius 3 is 2.63 bits per heavy atom. The number of hydrogen-bond donors (Lipinski definition) is 0. The quantitative estimate of drug-likeness (QED) is 0.736. The Kier molecular flexibility index (Phi) is 5.98. The van der Waals surface area contributed by atoms with Crippen LogP contribution in [0.5, 0.6) is 0 Å². The normalized spacial score (nSPS) is 17.6. The van der Waals surface area contributed by atoms with Crippen molar-refractivity contribution in [3.63, 3.8) is 0 Å². The summed E-state index contributed by atoms with van der Waals surface area (Å²) < 4.78 is 23.1. The number of likely N-dealkylation sites (tertiary alicyclic amines) is 1. The largest absolute Gasteiger partial charge is 0.343 e. The first-order valence-electron chi connectivity index (χ1n) is 8.91. The summed E-state index contributed by atoms with van der Waals surface area (Å²) in [5.74, 6) is 0.673. The van der Waals surface area contributed by atoms with Crippen molar-refractivity contribution in [2.45, 2.75) is 24.8 Å². The Balaban J connectivity index is 1.58. The van der Waals surface area contributed by atoms with E-state index in [4.69, 9.17) is 4.98 Å². The van der Waals surface area contributed by atoms with Gasteiger partial charge in [0.2, 0.25) is 5.91 Å². The maximum atomic E-state index is 11.6. The van der Waals surface area contributed by atoms with E-state index in [0.29, 0.717) is 10.8 Å². The SMILES string of the molecule is CC(=O)N1CC[C@@H](CN(C)Cc2csc(-c3ccc(S(C)(=O)=O)cc3)n2)C1. The second-order valence-corrected chi connectivity index (χ2v) is 10.1. The van der Waals surface area contributed by atoms with Crippen molar-refractivity contribution in [1.29, 1.82) is 0 Å². The maximum absolute atomic E-state index is 11.6. The molecule has 2 heterocycles. The number of benzene rings is 1. The molecule has 1 aromatic heterocycles. The van der Waals surface area contributed by atoms with Gasteiger partial charge in [-0.05, 0) is 31.5 Å². The second-order valence-electron chi connectivity index (χ2n) is 7.26. The summed E-state index contributed by atoms with van der Waals surface area (Å²) in [4.78, 5) is 20.6. The number of rotatable bonds is 6. The summed E-state index contributed by atoms with van der Waals surface area (Å²) in [5, 5.41) is 2.94. The molecule has 2 aromatic rings. The van der Waals surface area contributed by atoms with Crippen LogP contribution in [0.25, 0.3) is 10.6 Å². The van der Waals surface area contributed by atoms with E-state index in [-0.39, 0.29) is 5.91 Å². The fraction of sp³-hybridized carbons (Fsp3) is 0.474. The summed E-state index contributed by atoms with van der Waals surface area (Å²) >= 11 is 1.56. The molecule has 1 amide bonds. The molecule has 1 atom stereocenters. The first-order chi connectivity index (χ1) is 12.7. The Morgan fingerprint density at radius 2 is 2.04 bits per heavy atom. The number of carbonyl (C=O) groups excluding carboxylic acids is 1. The Hall–Kier alpha value is -1.77. The molecule has 0 bridgehead atoms. The van der Waals surface area contributed by atoms with Crippen LogP contribution in [0.15, 0.2) is 34.5 Å². The van der Waals surface area contributed by atoms with Gasteiger partial charge in [0.15, 0.2) is 9.84 Å². The van der Waals surface area contributed by atoms with Crippen molar-refractivity contribution < 1.29 is 13.2 Å². The number of thiazole rings is 1. The standard InChI is InChI=1S/C19H25N3O3S2/c1-14(23)22-9-8-15(11-22)10-21(2)12-17-13-26-19(20-17)16-4-6-18(7-5-16)27(3,24)25/h4-7,13,15H,8-12H2,1-3H3/t15-/m0/s1. The Morgan fingerprint density at radius 1 is 1.33 bits per heavy atom. The molecule has 0 radical (unpaired) electrons. The van der Waals surface area contributed by atoms with Crippen LogP contribution in [0, 0.1) is 5.92 Å². The van der Waals surface area contributed by atoms with Gasteiger partial charge in [0.05, 0.1) is 10.6 Å². The molecule has 0 saturated carbocycles. The highest BCUT2D eigenvalue weighted by Gasteiger charge is 2.25. The van der Waals surface area contributed by atoms with E-state index in [9.17, 15) is 13.2 Å². The van der Waals surface area contributed by atoms with Crippen molar-refractivity contribution in [1.82, 2.24) is 14.8 Å². The average molecular weight is 408 g/mol. The second kappa shape index (κ2) is 8.08. The maximum Gasteiger partial charge on any atom is 0.219 e. The van der Waals surface area contributed by atoms with Gasteiger partial charge in [0.25, 0.3) is 0 Å². The van der Waals surface area contributed by atoms with Crippen LogP contribution in [0.1, 0.15) is 19.0 Å². The zero-order valence-corrected chi connectivity index (χ0v) is 17.5. The molecule has 27 heavy (non-hydrogen) atoms. The van der Waals surface area contributed by atoms with Crippen LogP contribution < -0.4 is 0 Å². The number of aromatic nitrogens is 1. The first-order valence-corrected chi connectivity index (χ1v) is 11.7. The van der Waals surface area contributed by atoms with E-state index in [1.165, 1.54) is 6.26 Å². The molecule has 0 aliphatic carbocycles. The van der Waals surface area contributed by atoms with Crippen molar-refractivity contribution in [3.05, 3.63) is 35.3 Å². The van der Waals surface area contributed by atoms with Gasteiger partial charge in [0, 0.05) is 50.3 Å². The summed E-state index contributed by atoms with van der Waals surface area (Å²) in [5.41, 5.74) is 1.93. The van der Waals surface area contributed by atoms with Crippen molar-refractivity contribution >= 4 is 27.1 Å². The lowest BCUT2D eigenvalue weighted by Gasteiger charge is -2.20. The monoisotopic (exact) mass is 407 g/mol. The van der Waals surface area contributed by atoms with Gasteiger partial charge in [-0.15, -0.1) is 11.3 Å². The van der Waals surface area contributed by atoms with E-state index in [2.05, 4.69) is 11.9 Å². The fourth-order valence-corrected chi connectivity index (χ4v) is 4.85. The van der Waals surface area contributed by atoms with Gasteiger partial charge >= 0.3 is 0 Å². The highest BCUT2D eigenvalue weighted by molar-refractivity contribution is 7.90. The zero-order chi connectivity index (χ0) is 19.6. The predicted molar refractivity (Wildman–Crippen MR) is 107 cm³/mol. The molecule has 0 unspecified atom stereocenters. The van der Waals surface area contributed by atoms with Crippen LogP contribution in [-0.4, -0.2) is 62.0 Å². The van der Waals surface area contributed by atoms with Gasteiger partial charge in [-0.3, -0.25) is 4.79 Å². The average Bonchev–Trinajstić information content (AvgIpc) is 3.24. The third kappa shape index (κ3) is 5.15. The van der Waals surface area contributed by atoms with Crippen LogP contribution >= 0.6 is 11.3 Å². The van der Waals surface area contributed by atoms with Crippen LogP contribution in [0.2, 0.25) is 0 Å². The molecule has 1 fully saturated rings. The number of hydrogen-bond acceptors (Lipinski definition) is 6. The van der Waals surface area contributed by atoms with Gasteiger partial charge in [-0.2, -0.15) is 0 Å². The summed E-state index contributed by atoms with van der Waals surface area (Å²) in [6.45, 7) is 5.03. The lowest BCUT2D eigenvalue weighted by atomic mass is 10.1. The van der Waals surface area contributed by atoms with Gasteiger partial charge in [0.1, 0.15) is 5.01 Å². The van der Waals surface area contributed by atoms with Gasteiger partial charge in [-0.25, -0.2) is 13.4 Å². The molecule has 6 nitrogen and oxygen atoms in total. The summed E-state index contributed by atoms with van der Waals surface area (Å²) in [7, 11) is -1.10. The summed E-state index contributed by atoms with van der Waals surface area (Å²) in [6.07, 6.45) is 2.26. The Bertz CT molecular complexity index is 907. The lowest BCUT2D eigenvalue weighted by molar-refractivity contribution is -0.127. The minimum Gasteiger partial charge on any atom is -0.343 e. The molecule has 1 aliphatic heterocycles. The summed E-state index contributed by atoms with van der Waals surface area (Å²) in [6, 6.07) is 6.85. The molecule has 0 spiro atoms. The predicted octanol–water partition coefficient (Wildman–Crippen LogP) is 2.51. The van der Waals surface area contributed by atoms with Crippen LogP contribution in [0.4, 0.5) is 0 Å². The van der Waals surface area contributed by atoms with E-state index in [1.54, 1.807) is 42.5 Å². The van der Waals surface area contributed by atoms with E-state index in [1.807, 2.05) is 10.3 Å². The molecule has 0 N–H and O–H groups in total. The smallest absolute Gasteiger partial charge is 0.219 e. The molecule has 8 heteroatoms. The molecular weight excluding hydrogens is 382 g/mol. The van der Waals surface area contributed by atoms with Crippen LogP contribution in [0.3, 0.4) is 0 Å². The van der Waals surface area contributed by atoms with Crippen LogP contribution in [-0.2, 0) is 21.2 Å².